The second-order valence-corrected chi connectivity index (χ2v) is 8.48. The van der Waals surface area contributed by atoms with Crippen LogP contribution >= 0.6 is 22.9 Å². The van der Waals surface area contributed by atoms with Crippen molar-refractivity contribution in [1.29, 1.82) is 0 Å². The zero-order valence-electron chi connectivity index (χ0n) is 10.6. The number of hydrogen-bond acceptors (Lipinski definition) is 5. The molecule has 1 aliphatic heterocycles. The largest absolute Gasteiger partial charge is 0.481 e. The number of carboxylic acid groups (broad SMARTS) is 2. The molecule has 0 saturated carbocycles. The predicted octanol–water partition coefficient (Wildman–Crippen LogP) is 1.20. The van der Waals surface area contributed by atoms with E-state index in [2.05, 4.69) is 0 Å². The van der Waals surface area contributed by atoms with Gasteiger partial charge in [0, 0.05) is 13.1 Å². The van der Waals surface area contributed by atoms with E-state index in [-0.39, 0.29) is 23.7 Å². The van der Waals surface area contributed by atoms with Crippen LogP contribution in [0.2, 0.25) is 4.34 Å². The van der Waals surface area contributed by atoms with Crippen LogP contribution in [0.4, 0.5) is 0 Å². The van der Waals surface area contributed by atoms with Crippen LogP contribution in [0.5, 0.6) is 0 Å². The summed E-state index contributed by atoms with van der Waals surface area (Å²) in [5, 5.41) is 18.1. The van der Waals surface area contributed by atoms with Crippen LogP contribution < -0.4 is 0 Å². The lowest BCUT2D eigenvalue weighted by atomic mass is 9.86. The van der Waals surface area contributed by atoms with Gasteiger partial charge in [0.2, 0.25) is 0 Å². The molecule has 0 aromatic carbocycles. The van der Waals surface area contributed by atoms with Crippen molar-refractivity contribution in [2.24, 2.45) is 11.8 Å². The average Bonchev–Trinajstić information content (AvgIpc) is 2.85. The molecule has 2 unspecified atom stereocenters. The molecule has 1 fully saturated rings. The maximum absolute atomic E-state index is 12.4. The number of hydrogen-bond donors (Lipinski definition) is 2. The summed E-state index contributed by atoms with van der Waals surface area (Å²) >= 11 is 6.59. The number of sulfonamides is 1. The minimum atomic E-state index is -3.85. The Morgan fingerprint density at radius 3 is 2.33 bits per heavy atom. The van der Waals surface area contributed by atoms with E-state index < -0.39 is 33.8 Å². The number of carboxylic acids is 2. The first-order valence-corrected chi connectivity index (χ1v) is 8.58. The molecule has 2 atom stereocenters. The normalized spacial score (nSPS) is 23.9. The average molecular weight is 354 g/mol. The van der Waals surface area contributed by atoms with E-state index >= 15 is 0 Å². The highest BCUT2D eigenvalue weighted by Crippen LogP contribution is 2.32. The maximum Gasteiger partial charge on any atom is 0.308 e. The van der Waals surface area contributed by atoms with Crippen LogP contribution in [0.25, 0.3) is 0 Å². The molecular weight excluding hydrogens is 342 g/mol. The minimum Gasteiger partial charge on any atom is -0.481 e. The Morgan fingerprint density at radius 2 is 1.86 bits per heavy atom. The Hall–Kier alpha value is -1.16. The molecule has 1 aromatic rings. The van der Waals surface area contributed by atoms with Gasteiger partial charge in [0.05, 0.1) is 16.2 Å². The Labute approximate surface area is 129 Å². The summed E-state index contributed by atoms with van der Waals surface area (Å²) in [6.07, 6.45) is -0.0371. The fraction of sp³-hybridized carbons (Fsp3) is 0.455. The Morgan fingerprint density at radius 1 is 1.24 bits per heavy atom. The minimum absolute atomic E-state index is 0.0189. The highest BCUT2D eigenvalue weighted by atomic mass is 35.5. The Bertz CT molecular complexity index is 670. The third kappa shape index (κ3) is 3.20. The van der Waals surface area contributed by atoms with Crippen molar-refractivity contribution in [3.8, 4) is 0 Å². The van der Waals surface area contributed by atoms with Crippen molar-refractivity contribution in [2.45, 2.75) is 10.6 Å². The number of thiophene rings is 1. The summed E-state index contributed by atoms with van der Waals surface area (Å²) in [4.78, 5) is 22.2. The number of halogens is 1. The van der Waals surface area contributed by atoms with Crippen LogP contribution in [-0.2, 0) is 19.6 Å². The van der Waals surface area contributed by atoms with Crippen LogP contribution in [0.1, 0.15) is 6.42 Å². The van der Waals surface area contributed by atoms with Crippen LogP contribution in [-0.4, -0.2) is 48.0 Å². The number of carbonyl (C=O) groups is 2. The smallest absolute Gasteiger partial charge is 0.308 e. The number of piperidine rings is 1. The number of rotatable bonds is 4. The first-order chi connectivity index (χ1) is 9.73. The molecule has 2 N–H and O–H groups in total. The Kier molecular flexibility index (Phi) is 4.57. The van der Waals surface area contributed by atoms with Crippen LogP contribution in [0.3, 0.4) is 0 Å². The number of aliphatic carboxylic acids is 2. The zero-order chi connectivity index (χ0) is 15.8. The van der Waals surface area contributed by atoms with Gasteiger partial charge >= 0.3 is 11.9 Å². The van der Waals surface area contributed by atoms with E-state index in [9.17, 15) is 18.0 Å². The molecule has 7 nitrogen and oxygen atoms in total. The lowest BCUT2D eigenvalue weighted by Gasteiger charge is -2.33. The number of nitrogens with zero attached hydrogens (tertiary/aromatic N) is 1. The van der Waals surface area contributed by atoms with Gasteiger partial charge in [-0.05, 0) is 18.6 Å². The molecule has 0 aliphatic carbocycles. The van der Waals surface area contributed by atoms with Gasteiger partial charge < -0.3 is 10.2 Å². The molecule has 1 aliphatic rings. The lowest BCUT2D eigenvalue weighted by Crippen LogP contribution is -2.48. The summed E-state index contributed by atoms with van der Waals surface area (Å²) in [7, 11) is -3.85. The van der Waals surface area contributed by atoms with Crippen molar-refractivity contribution < 1.29 is 28.2 Å². The van der Waals surface area contributed by atoms with E-state index in [0.29, 0.717) is 4.34 Å². The predicted molar refractivity (Wildman–Crippen MR) is 75.0 cm³/mol. The third-order valence-electron chi connectivity index (χ3n) is 3.35. The fourth-order valence-corrected chi connectivity index (χ4v) is 5.37. The second-order valence-electron chi connectivity index (χ2n) is 4.60. The summed E-state index contributed by atoms with van der Waals surface area (Å²) in [6, 6.07) is 2.79. The summed E-state index contributed by atoms with van der Waals surface area (Å²) in [6.45, 7) is -0.386. The van der Waals surface area contributed by atoms with Crippen molar-refractivity contribution in [2.75, 3.05) is 13.1 Å². The zero-order valence-corrected chi connectivity index (χ0v) is 13.0. The summed E-state index contributed by atoms with van der Waals surface area (Å²) in [5.74, 6) is -4.88. The molecule has 1 saturated heterocycles. The molecule has 116 valence electrons. The van der Waals surface area contributed by atoms with E-state index in [0.717, 1.165) is 15.6 Å². The summed E-state index contributed by atoms with van der Waals surface area (Å²) in [5.41, 5.74) is 0. The van der Waals surface area contributed by atoms with E-state index in [1.54, 1.807) is 0 Å². The van der Waals surface area contributed by atoms with Gasteiger partial charge in [0.25, 0.3) is 10.0 Å². The standard InChI is InChI=1S/C11H12ClNO6S2/c12-8-1-2-9(20-8)21(18,19)13-4-3-6(10(14)15)7(5-13)11(16)17/h1-2,6-7H,3-5H2,(H,14,15)(H,16,17). The van der Waals surface area contributed by atoms with Crippen molar-refractivity contribution in [3.63, 3.8) is 0 Å². The molecular formula is C11H12ClNO6S2. The van der Waals surface area contributed by atoms with Crippen molar-refractivity contribution >= 4 is 44.9 Å². The molecule has 0 radical (unpaired) electrons. The molecule has 0 spiro atoms. The summed E-state index contributed by atoms with van der Waals surface area (Å²) < 4.78 is 26.1. The van der Waals surface area contributed by atoms with Crippen molar-refractivity contribution in [3.05, 3.63) is 16.5 Å². The molecule has 0 bridgehead atoms. The van der Waals surface area contributed by atoms with E-state index in [1.807, 2.05) is 0 Å². The highest BCUT2D eigenvalue weighted by Gasteiger charge is 2.42. The van der Waals surface area contributed by atoms with Gasteiger partial charge in [0.15, 0.2) is 0 Å². The third-order valence-corrected chi connectivity index (χ3v) is 6.92. The van der Waals surface area contributed by atoms with E-state index in [1.165, 1.54) is 12.1 Å². The van der Waals surface area contributed by atoms with Crippen molar-refractivity contribution in [1.82, 2.24) is 4.31 Å². The van der Waals surface area contributed by atoms with Gasteiger partial charge in [-0.25, -0.2) is 8.42 Å². The first kappa shape index (κ1) is 16.2. The molecule has 1 aromatic heterocycles. The lowest BCUT2D eigenvalue weighted by molar-refractivity contribution is -0.156. The van der Waals surface area contributed by atoms with Gasteiger partial charge in [-0.15, -0.1) is 11.3 Å². The molecule has 2 heterocycles. The van der Waals surface area contributed by atoms with Crippen LogP contribution in [0.15, 0.2) is 16.3 Å². The van der Waals surface area contributed by atoms with Gasteiger partial charge in [-0.1, -0.05) is 11.6 Å². The molecule has 0 amide bonds. The fourth-order valence-electron chi connectivity index (χ4n) is 2.25. The van der Waals surface area contributed by atoms with Gasteiger partial charge in [-0.2, -0.15) is 4.31 Å². The second kappa shape index (κ2) is 5.91. The van der Waals surface area contributed by atoms with E-state index in [4.69, 9.17) is 21.8 Å². The Balaban J connectivity index is 2.27. The first-order valence-electron chi connectivity index (χ1n) is 5.94. The highest BCUT2D eigenvalue weighted by molar-refractivity contribution is 7.91. The molecule has 10 heteroatoms. The molecule has 2 rings (SSSR count). The SMILES string of the molecule is O=C(O)C1CCN(S(=O)(=O)c2ccc(Cl)s2)CC1C(=O)O. The molecule has 21 heavy (non-hydrogen) atoms. The quantitative estimate of drug-likeness (QED) is 0.841. The maximum atomic E-state index is 12.4. The van der Waals surface area contributed by atoms with Gasteiger partial charge in [0.1, 0.15) is 4.21 Å². The van der Waals surface area contributed by atoms with Gasteiger partial charge in [-0.3, -0.25) is 9.59 Å². The van der Waals surface area contributed by atoms with Crippen LogP contribution in [0, 0.1) is 11.8 Å². The topological polar surface area (TPSA) is 112 Å². The monoisotopic (exact) mass is 353 g/mol.